The maximum absolute atomic E-state index is 4.99. The van der Waals surface area contributed by atoms with Crippen LogP contribution in [0.1, 0.15) is 0 Å². The summed E-state index contributed by atoms with van der Waals surface area (Å²) in [5.41, 5.74) is 11.8. The zero-order valence-electron chi connectivity index (χ0n) is 26.0. The fourth-order valence-corrected chi connectivity index (χ4v) is 6.09. The van der Waals surface area contributed by atoms with Crippen LogP contribution in [-0.4, -0.2) is 24.9 Å². The smallest absolute Gasteiger partial charge is 0.164 e. The number of rotatable bonds is 7. The lowest BCUT2D eigenvalue weighted by Gasteiger charge is -2.19. The number of hydrogen-bond donors (Lipinski definition) is 0. The van der Waals surface area contributed by atoms with E-state index in [9.17, 15) is 0 Å². The van der Waals surface area contributed by atoms with E-state index in [1.54, 1.807) is 24.8 Å². The van der Waals surface area contributed by atoms with Crippen LogP contribution >= 0.6 is 0 Å². The van der Waals surface area contributed by atoms with E-state index in [1.165, 1.54) is 16.7 Å². The van der Waals surface area contributed by atoms with Gasteiger partial charge < -0.3 is 0 Å². The van der Waals surface area contributed by atoms with Gasteiger partial charge in [-0.05, 0) is 74.8 Å². The van der Waals surface area contributed by atoms with Crippen LogP contribution in [0.5, 0.6) is 0 Å². The molecule has 3 aromatic heterocycles. The average Bonchev–Trinajstić information content (AvgIpc) is 3.19. The van der Waals surface area contributed by atoms with Gasteiger partial charge in [-0.25, -0.2) is 15.0 Å². The van der Waals surface area contributed by atoms with E-state index in [2.05, 4.69) is 131 Å². The molecule has 0 bridgehead atoms. The number of aromatic nitrogens is 5. The molecule has 5 nitrogen and oxygen atoms in total. The van der Waals surface area contributed by atoms with Crippen LogP contribution in [0.15, 0.2) is 176 Å². The summed E-state index contributed by atoms with van der Waals surface area (Å²) in [6, 6.07) is 52.5. The van der Waals surface area contributed by atoms with Crippen molar-refractivity contribution < 1.29 is 0 Å². The van der Waals surface area contributed by atoms with Gasteiger partial charge in [-0.2, -0.15) is 0 Å². The minimum absolute atomic E-state index is 0.585. The molecular weight excluding hydrogens is 587 g/mol. The van der Waals surface area contributed by atoms with Crippen LogP contribution < -0.4 is 0 Å². The van der Waals surface area contributed by atoms with E-state index in [4.69, 9.17) is 15.0 Å². The Morgan fingerprint density at radius 2 is 0.729 bits per heavy atom. The lowest BCUT2D eigenvalue weighted by Crippen LogP contribution is -2.01. The first-order valence-corrected chi connectivity index (χ1v) is 15.8. The molecule has 0 atom stereocenters. The first kappa shape index (κ1) is 28.9. The van der Waals surface area contributed by atoms with E-state index >= 15 is 0 Å². The monoisotopic (exact) mass is 615 g/mol. The maximum Gasteiger partial charge on any atom is 0.164 e. The summed E-state index contributed by atoms with van der Waals surface area (Å²) < 4.78 is 0. The zero-order valence-corrected chi connectivity index (χ0v) is 26.0. The lowest BCUT2D eigenvalue weighted by molar-refractivity contribution is 1.07. The molecule has 0 fully saturated rings. The Morgan fingerprint density at radius 1 is 0.271 bits per heavy atom. The van der Waals surface area contributed by atoms with Gasteiger partial charge in [0.15, 0.2) is 17.5 Å². The highest BCUT2D eigenvalue weighted by molar-refractivity contribution is 5.99. The average molecular weight is 616 g/mol. The second-order valence-electron chi connectivity index (χ2n) is 11.4. The highest BCUT2D eigenvalue weighted by atomic mass is 15.0. The molecule has 0 saturated heterocycles. The molecule has 5 heteroatoms. The first-order valence-electron chi connectivity index (χ1n) is 15.8. The third kappa shape index (κ3) is 5.77. The SMILES string of the molecule is c1ccc(-c2cc(-c3nc(-c4ccncc4)nc(-c4ccncc4)n3)ccc2-c2cccc(-c3ccccc3)c2-c2ccccc2)cc1. The van der Waals surface area contributed by atoms with Crippen molar-refractivity contribution in [3.63, 3.8) is 0 Å². The normalized spacial score (nSPS) is 10.9. The van der Waals surface area contributed by atoms with Crippen molar-refractivity contribution >= 4 is 0 Å². The molecule has 0 saturated carbocycles. The number of nitrogens with zero attached hydrogens (tertiary/aromatic N) is 5. The van der Waals surface area contributed by atoms with Crippen LogP contribution in [0.25, 0.3) is 78.7 Å². The topological polar surface area (TPSA) is 64.5 Å². The zero-order chi connectivity index (χ0) is 32.1. The molecule has 0 aliphatic heterocycles. The standard InChI is InChI=1S/C43H29N5/c1-4-11-30(12-5-1)36-17-10-18-38(40(36)32-15-8-3-9-16-32)37-20-19-35(29-39(37)31-13-6-2-7-14-31)43-47-41(33-21-25-44-26-22-33)46-42(48-43)34-23-27-45-28-24-34/h1-29H. The van der Waals surface area contributed by atoms with E-state index < -0.39 is 0 Å². The molecule has 0 aliphatic rings. The number of pyridine rings is 2. The Bertz CT molecular complexity index is 2250. The third-order valence-electron chi connectivity index (χ3n) is 8.38. The van der Waals surface area contributed by atoms with E-state index in [0.29, 0.717) is 17.5 Å². The predicted molar refractivity (Wildman–Crippen MR) is 193 cm³/mol. The van der Waals surface area contributed by atoms with Gasteiger partial charge >= 0.3 is 0 Å². The highest BCUT2D eigenvalue weighted by Gasteiger charge is 2.19. The summed E-state index contributed by atoms with van der Waals surface area (Å²) in [5, 5.41) is 0. The Balaban J connectivity index is 1.36. The van der Waals surface area contributed by atoms with Gasteiger partial charge in [0.05, 0.1) is 0 Å². The second-order valence-corrected chi connectivity index (χ2v) is 11.4. The Labute approximate surface area is 279 Å². The van der Waals surface area contributed by atoms with Crippen molar-refractivity contribution in [2.75, 3.05) is 0 Å². The molecular formula is C43H29N5. The molecule has 5 aromatic carbocycles. The van der Waals surface area contributed by atoms with Gasteiger partial charge in [0, 0.05) is 41.5 Å². The van der Waals surface area contributed by atoms with Gasteiger partial charge in [-0.3, -0.25) is 9.97 Å². The van der Waals surface area contributed by atoms with Crippen molar-refractivity contribution in [2.24, 2.45) is 0 Å². The van der Waals surface area contributed by atoms with Crippen molar-refractivity contribution in [1.29, 1.82) is 0 Å². The van der Waals surface area contributed by atoms with Gasteiger partial charge in [0.2, 0.25) is 0 Å². The van der Waals surface area contributed by atoms with Crippen LogP contribution in [0, 0.1) is 0 Å². The molecule has 0 radical (unpaired) electrons. The Kier molecular flexibility index (Phi) is 7.83. The molecule has 8 aromatic rings. The Hall–Kier alpha value is -6.59. The van der Waals surface area contributed by atoms with Crippen LogP contribution in [0.3, 0.4) is 0 Å². The van der Waals surface area contributed by atoms with Crippen LogP contribution in [0.4, 0.5) is 0 Å². The highest BCUT2D eigenvalue weighted by Crippen LogP contribution is 2.44. The summed E-state index contributed by atoms with van der Waals surface area (Å²) in [6.07, 6.45) is 7.00. The summed E-state index contributed by atoms with van der Waals surface area (Å²) >= 11 is 0. The van der Waals surface area contributed by atoms with E-state index in [1.807, 2.05) is 30.3 Å². The molecule has 8 rings (SSSR count). The first-order chi connectivity index (χ1) is 23.8. The van der Waals surface area contributed by atoms with Crippen molar-refractivity contribution in [3.05, 3.63) is 176 Å². The second kappa shape index (κ2) is 13.0. The summed E-state index contributed by atoms with van der Waals surface area (Å²) in [5.74, 6) is 1.76. The molecule has 3 heterocycles. The summed E-state index contributed by atoms with van der Waals surface area (Å²) in [6.45, 7) is 0. The minimum Gasteiger partial charge on any atom is -0.265 e. The molecule has 0 N–H and O–H groups in total. The van der Waals surface area contributed by atoms with Crippen molar-refractivity contribution in [1.82, 2.24) is 24.9 Å². The summed E-state index contributed by atoms with van der Waals surface area (Å²) in [4.78, 5) is 23.2. The molecule has 0 unspecified atom stereocenters. The van der Waals surface area contributed by atoms with Crippen LogP contribution in [-0.2, 0) is 0 Å². The van der Waals surface area contributed by atoms with Gasteiger partial charge in [-0.15, -0.1) is 0 Å². The molecule has 0 spiro atoms. The van der Waals surface area contributed by atoms with Gasteiger partial charge in [0.1, 0.15) is 0 Å². The maximum atomic E-state index is 4.99. The molecule has 0 amide bonds. The van der Waals surface area contributed by atoms with E-state index in [0.717, 1.165) is 44.5 Å². The third-order valence-corrected chi connectivity index (χ3v) is 8.38. The summed E-state index contributed by atoms with van der Waals surface area (Å²) in [7, 11) is 0. The molecule has 226 valence electrons. The number of benzene rings is 5. The molecule has 48 heavy (non-hydrogen) atoms. The number of hydrogen-bond acceptors (Lipinski definition) is 5. The minimum atomic E-state index is 0.585. The van der Waals surface area contributed by atoms with Crippen molar-refractivity contribution in [3.8, 4) is 78.7 Å². The van der Waals surface area contributed by atoms with Gasteiger partial charge in [0.25, 0.3) is 0 Å². The quantitative estimate of drug-likeness (QED) is 0.178. The predicted octanol–water partition coefficient (Wildman–Crippen LogP) is 10.3. The van der Waals surface area contributed by atoms with Crippen molar-refractivity contribution in [2.45, 2.75) is 0 Å². The van der Waals surface area contributed by atoms with Crippen LogP contribution in [0.2, 0.25) is 0 Å². The van der Waals surface area contributed by atoms with E-state index in [-0.39, 0.29) is 0 Å². The largest absolute Gasteiger partial charge is 0.265 e. The fraction of sp³-hybridized carbons (Fsp3) is 0. The Morgan fingerprint density at radius 3 is 1.27 bits per heavy atom. The fourth-order valence-electron chi connectivity index (χ4n) is 6.09. The van der Waals surface area contributed by atoms with Gasteiger partial charge in [-0.1, -0.05) is 121 Å². The molecule has 0 aliphatic carbocycles. The lowest BCUT2D eigenvalue weighted by atomic mass is 9.84.